The van der Waals surface area contributed by atoms with Crippen molar-refractivity contribution in [3.05, 3.63) is 77.9 Å². The summed E-state index contributed by atoms with van der Waals surface area (Å²) in [6, 6.07) is 16.6. The Bertz CT molecular complexity index is 1260. The highest BCUT2D eigenvalue weighted by Gasteiger charge is 2.18. The number of carbonyl (C=O) groups excluding carboxylic acids is 1. The zero-order valence-corrected chi connectivity index (χ0v) is 18.1. The van der Waals surface area contributed by atoms with E-state index >= 15 is 0 Å². The van der Waals surface area contributed by atoms with E-state index in [2.05, 4.69) is 15.2 Å². The number of sulfonamides is 1. The van der Waals surface area contributed by atoms with Crippen molar-refractivity contribution in [2.75, 3.05) is 18.9 Å². The van der Waals surface area contributed by atoms with Crippen LogP contribution in [0.1, 0.15) is 15.9 Å². The molecule has 0 aliphatic rings. The van der Waals surface area contributed by atoms with Crippen LogP contribution >= 0.6 is 0 Å². The van der Waals surface area contributed by atoms with Crippen molar-refractivity contribution in [2.45, 2.75) is 4.90 Å². The molecule has 9 nitrogen and oxygen atoms in total. The maximum absolute atomic E-state index is 12.8. The SMILES string of the molecule is COc1ccc(O)c(C=NNC(=O)c2cccc(S(=O)(=O)Nc3ccccc3OC)c2)c1. The molecule has 3 rings (SSSR count). The molecule has 0 aromatic heterocycles. The average molecular weight is 455 g/mol. The molecular weight excluding hydrogens is 434 g/mol. The first-order chi connectivity index (χ1) is 15.3. The molecule has 3 N–H and O–H groups in total. The number of rotatable bonds is 8. The number of ether oxygens (including phenoxy) is 2. The number of nitrogens with zero attached hydrogens (tertiary/aromatic N) is 1. The lowest BCUT2D eigenvalue weighted by atomic mass is 10.2. The number of anilines is 1. The summed E-state index contributed by atoms with van der Waals surface area (Å²) in [6.45, 7) is 0. The standard InChI is InChI=1S/C22H21N3O6S/c1-30-17-10-11-20(26)16(12-17)14-23-24-22(27)15-6-5-7-18(13-15)32(28,29)25-19-8-3-4-9-21(19)31-2/h3-14,25-26H,1-2H3,(H,24,27). The van der Waals surface area contributed by atoms with Crippen LogP contribution in [-0.4, -0.2) is 39.9 Å². The second-order valence-corrected chi connectivity index (χ2v) is 8.14. The number of hydrogen-bond acceptors (Lipinski definition) is 7. The number of phenols is 1. The van der Waals surface area contributed by atoms with E-state index in [1.807, 2.05) is 0 Å². The Morgan fingerprint density at radius 1 is 1.00 bits per heavy atom. The molecule has 0 saturated carbocycles. The molecule has 0 aliphatic heterocycles. The maximum Gasteiger partial charge on any atom is 0.271 e. The third-order valence-corrected chi connectivity index (χ3v) is 5.73. The highest BCUT2D eigenvalue weighted by atomic mass is 32.2. The van der Waals surface area contributed by atoms with E-state index in [-0.39, 0.29) is 21.9 Å². The van der Waals surface area contributed by atoms with Gasteiger partial charge in [-0.3, -0.25) is 9.52 Å². The lowest BCUT2D eigenvalue weighted by Crippen LogP contribution is -2.19. The molecule has 0 atom stereocenters. The number of para-hydroxylation sites is 2. The minimum atomic E-state index is -3.97. The first-order valence-corrected chi connectivity index (χ1v) is 10.8. The fourth-order valence-electron chi connectivity index (χ4n) is 2.73. The Morgan fingerprint density at radius 3 is 2.53 bits per heavy atom. The number of methoxy groups -OCH3 is 2. The molecule has 3 aromatic carbocycles. The van der Waals surface area contributed by atoms with Gasteiger partial charge in [0.2, 0.25) is 0 Å². The number of hydrogen-bond donors (Lipinski definition) is 3. The van der Waals surface area contributed by atoms with Gasteiger partial charge in [-0.05, 0) is 48.5 Å². The number of benzene rings is 3. The van der Waals surface area contributed by atoms with E-state index in [1.165, 1.54) is 50.8 Å². The summed E-state index contributed by atoms with van der Waals surface area (Å²) in [4.78, 5) is 12.3. The van der Waals surface area contributed by atoms with Crippen molar-refractivity contribution in [3.8, 4) is 17.2 Å². The summed E-state index contributed by atoms with van der Waals surface area (Å²) < 4.78 is 38.2. The van der Waals surface area contributed by atoms with Gasteiger partial charge < -0.3 is 14.6 Å². The summed E-state index contributed by atoms with van der Waals surface area (Å²) in [5, 5.41) is 13.7. The third-order valence-electron chi connectivity index (χ3n) is 4.36. The Morgan fingerprint density at radius 2 is 1.78 bits per heavy atom. The van der Waals surface area contributed by atoms with Gasteiger partial charge >= 0.3 is 0 Å². The van der Waals surface area contributed by atoms with Crippen LogP contribution in [0, 0.1) is 0 Å². The van der Waals surface area contributed by atoms with Gasteiger partial charge in [0.05, 0.1) is 31.0 Å². The predicted molar refractivity (Wildman–Crippen MR) is 120 cm³/mol. The summed E-state index contributed by atoms with van der Waals surface area (Å²) in [5.41, 5.74) is 2.99. The smallest absolute Gasteiger partial charge is 0.271 e. The largest absolute Gasteiger partial charge is 0.507 e. The third kappa shape index (κ3) is 5.35. The van der Waals surface area contributed by atoms with Crippen LogP contribution in [0.3, 0.4) is 0 Å². The molecule has 32 heavy (non-hydrogen) atoms. The highest BCUT2D eigenvalue weighted by molar-refractivity contribution is 7.92. The highest BCUT2D eigenvalue weighted by Crippen LogP contribution is 2.26. The molecule has 0 radical (unpaired) electrons. The van der Waals surface area contributed by atoms with Gasteiger partial charge in [-0.15, -0.1) is 0 Å². The summed E-state index contributed by atoms with van der Waals surface area (Å²) >= 11 is 0. The van der Waals surface area contributed by atoms with Crippen molar-refractivity contribution < 1.29 is 27.8 Å². The van der Waals surface area contributed by atoms with Gasteiger partial charge in [0.15, 0.2) is 0 Å². The Balaban J connectivity index is 1.76. The molecule has 0 saturated heterocycles. The van der Waals surface area contributed by atoms with Crippen LogP contribution in [0.25, 0.3) is 0 Å². The Labute approximate surface area is 185 Å². The van der Waals surface area contributed by atoms with Gasteiger partial charge in [0, 0.05) is 11.1 Å². The van der Waals surface area contributed by atoms with Crippen LogP contribution < -0.4 is 19.6 Å². The molecule has 0 spiro atoms. The number of nitrogens with one attached hydrogen (secondary N) is 2. The van der Waals surface area contributed by atoms with E-state index < -0.39 is 15.9 Å². The van der Waals surface area contributed by atoms with Gasteiger partial charge in [-0.2, -0.15) is 5.10 Å². The zero-order valence-electron chi connectivity index (χ0n) is 17.3. The first-order valence-electron chi connectivity index (χ1n) is 9.30. The van der Waals surface area contributed by atoms with Crippen LogP contribution in [0.5, 0.6) is 17.2 Å². The molecule has 0 fully saturated rings. The number of carbonyl (C=O) groups is 1. The van der Waals surface area contributed by atoms with E-state index in [9.17, 15) is 18.3 Å². The molecule has 0 unspecified atom stereocenters. The number of hydrazone groups is 1. The maximum atomic E-state index is 12.8. The molecule has 166 valence electrons. The van der Waals surface area contributed by atoms with Crippen LogP contribution in [0.4, 0.5) is 5.69 Å². The van der Waals surface area contributed by atoms with Crippen LogP contribution in [-0.2, 0) is 10.0 Å². The second-order valence-electron chi connectivity index (χ2n) is 6.46. The average Bonchev–Trinajstić information content (AvgIpc) is 2.80. The predicted octanol–water partition coefficient (Wildman–Crippen LogP) is 2.97. The van der Waals surface area contributed by atoms with Crippen molar-refractivity contribution in [3.63, 3.8) is 0 Å². The molecule has 1 amide bonds. The van der Waals surface area contributed by atoms with E-state index in [0.717, 1.165) is 0 Å². The molecule has 3 aromatic rings. The van der Waals surface area contributed by atoms with Crippen LogP contribution in [0.15, 0.2) is 76.7 Å². The fourth-order valence-corrected chi connectivity index (χ4v) is 3.84. The zero-order chi connectivity index (χ0) is 23.1. The quantitative estimate of drug-likeness (QED) is 0.354. The molecular formula is C22H21N3O6S. The molecule has 10 heteroatoms. The van der Waals surface area contributed by atoms with Crippen molar-refractivity contribution in [1.82, 2.24) is 5.43 Å². The van der Waals surface area contributed by atoms with E-state index in [0.29, 0.717) is 17.1 Å². The summed E-state index contributed by atoms with van der Waals surface area (Å²) in [7, 11) is -1.05. The van der Waals surface area contributed by atoms with Gasteiger partial charge in [-0.25, -0.2) is 13.8 Å². The molecule has 0 heterocycles. The van der Waals surface area contributed by atoms with E-state index in [4.69, 9.17) is 9.47 Å². The van der Waals surface area contributed by atoms with Crippen LogP contribution in [0.2, 0.25) is 0 Å². The summed E-state index contributed by atoms with van der Waals surface area (Å²) in [5.74, 6) is 0.202. The number of amides is 1. The Hall–Kier alpha value is -4.05. The number of aromatic hydroxyl groups is 1. The minimum absolute atomic E-state index is 0.0423. The van der Waals surface area contributed by atoms with E-state index in [1.54, 1.807) is 36.4 Å². The fraction of sp³-hybridized carbons (Fsp3) is 0.0909. The van der Waals surface area contributed by atoms with Crippen molar-refractivity contribution >= 4 is 27.8 Å². The molecule has 0 bridgehead atoms. The normalized spacial score (nSPS) is 11.2. The second kappa shape index (κ2) is 9.84. The minimum Gasteiger partial charge on any atom is -0.507 e. The number of phenolic OH excluding ortho intramolecular Hbond substituents is 1. The molecule has 0 aliphatic carbocycles. The van der Waals surface area contributed by atoms with Crippen molar-refractivity contribution in [2.24, 2.45) is 5.10 Å². The van der Waals surface area contributed by atoms with Crippen molar-refractivity contribution in [1.29, 1.82) is 0 Å². The monoisotopic (exact) mass is 455 g/mol. The Kier molecular flexibility index (Phi) is 6.96. The van der Waals surface area contributed by atoms with Gasteiger partial charge in [0.1, 0.15) is 17.2 Å². The lowest BCUT2D eigenvalue weighted by Gasteiger charge is -2.12. The lowest BCUT2D eigenvalue weighted by molar-refractivity contribution is 0.0955. The van der Waals surface area contributed by atoms with Gasteiger partial charge in [-0.1, -0.05) is 18.2 Å². The first kappa shape index (κ1) is 22.6. The van der Waals surface area contributed by atoms with Gasteiger partial charge in [0.25, 0.3) is 15.9 Å². The summed E-state index contributed by atoms with van der Waals surface area (Å²) in [6.07, 6.45) is 1.25. The topological polar surface area (TPSA) is 126 Å².